The molecule has 0 fully saturated rings. The summed E-state index contributed by atoms with van der Waals surface area (Å²) in [6.45, 7) is -2.45. The molecule has 0 saturated carbocycles. The number of nitrogens with zero attached hydrogens (tertiary/aromatic N) is 6. The molecule has 0 saturated heterocycles. The second-order valence-corrected chi connectivity index (χ2v) is 23.7. The van der Waals surface area contributed by atoms with E-state index in [1.165, 1.54) is 58.0 Å². The summed E-state index contributed by atoms with van der Waals surface area (Å²) in [6, 6.07) is 20.1. The molecule has 0 radical (unpaired) electrons. The van der Waals surface area contributed by atoms with E-state index in [1.54, 1.807) is 72.8 Å². The highest BCUT2D eigenvalue weighted by atomic mass is 35.7. The van der Waals surface area contributed by atoms with Gasteiger partial charge in [0, 0.05) is 52.6 Å². The van der Waals surface area contributed by atoms with Gasteiger partial charge in [0.15, 0.2) is 0 Å². The SMILES string of the molecule is C=CCNP(=O)(Cl)N(C)/N=C/c1ccc(OP(=S)(Oc2ccc(/C=N/N(C)P(=O)(Cl)NCC=C)cc2)Oc2ccc(/C=N/N(C)P(=O)(Cl)NCC=C)cc2)cc1. The highest BCUT2D eigenvalue weighted by molar-refractivity contribution is 8.08. The van der Waals surface area contributed by atoms with Crippen molar-refractivity contribution in [3.05, 3.63) is 127 Å². The van der Waals surface area contributed by atoms with Crippen molar-refractivity contribution in [2.24, 2.45) is 15.3 Å². The number of benzene rings is 3. The first kappa shape index (κ1) is 47.2. The molecule has 0 aliphatic rings. The third-order valence-corrected chi connectivity index (χ3v) is 16.1. The number of hydrogen-bond donors (Lipinski definition) is 3. The Hall–Kier alpha value is -3.22. The van der Waals surface area contributed by atoms with E-state index in [9.17, 15) is 13.7 Å². The van der Waals surface area contributed by atoms with Gasteiger partial charge in [-0.25, -0.2) is 29.6 Å². The van der Waals surface area contributed by atoms with Gasteiger partial charge in [-0.05, 0) is 123 Å². The molecule has 3 rings (SSSR count). The summed E-state index contributed by atoms with van der Waals surface area (Å²) in [7, 11) is 4.46. The van der Waals surface area contributed by atoms with Gasteiger partial charge in [0.2, 0.25) is 0 Å². The molecule has 3 atom stereocenters. The minimum absolute atomic E-state index is 0.245. The Morgan fingerprint density at radius 1 is 0.554 bits per heavy atom. The molecule has 0 spiro atoms. The smallest absolute Gasteiger partial charge is 0.407 e. The van der Waals surface area contributed by atoms with Crippen LogP contribution in [0.4, 0.5) is 0 Å². The third-order valence-electron chi connectivity index (χ3n) is 6.82. The first-order valence-corrected chi connectivity index (χ1v) is 26.5. The Labute approximate surface area is 347 Å². The summed E-state index contributed by atoms with van der Waals surface area (Å²) in [5.74, 6) is 0.998. The van der Waals surface area contributed by atoms with Gasteiger partial charge in [-0.3, -0.25) is 13.7 Å². The Morgan fingerprint density at radius 3 is 1.00 bits per heavy atom. The largest absolute Gasteiger partial charge is 0.490 e. The minimum atomic E-state index is -3.63. The van der Waals surface area contributed by atoms with E-state index in [4.69, 9.17) is 59.1 Å². The number of hydrazone groups is 3. The fourth-order valence-corrected chi connectivity index (χ4v) is 9.00. The van der Waals surface area contributed by atoms with Crippen LogP contribution in [0.3, 0.4) is 0 Å². The molecule has 3 N–H and O–H groups in total. The molecule has 0 amide bonds. The minimum Gasteiger partial charge on any atom is -0.407 e. The zero-order chi connectivity index (χ0) is 41.4. The van der Waals surface area contributed by atoms with E-state index < -0.39 is 27.1 Å². The highest BCUT2D eigenvalue weighted by Gasteiger charge is 2.28. The molecule has 0 aliphatic heterocycles. The van der Waals surface area contributed by atoms with E-state index in [2.05, 4.69) is 50.3 Å². The normalized spacial score (nSPS) is 15.9. The molecule has 23 heteroatoms. The molecule has 3 aromatic rings. The Kier molecular flexibility index (Phi) is 18.6. The number of halogens is 3. The van der Waals surface area contributed by atoms with Gasteiger partial charge in [0.05, 0.1) is 18.6 Å². The summed E-state index contributed by atoms with van der Waals surface area (Å²) in [4.78, 5) is 0. The Bertz CT molecular complexity index is 1850. The molecule has 0 aromatic heterocycles. The van der Waals surface area contributed by atoms with Crippen LogP contribution in [0.25, 0.3) is 0 Å². The predicted octanol–water partition coefficient (Wildman–Crippen LogP) is 9.61. The van der Waals surface area contributed by atoms with E-state index in [-0.39, 0.29) is 19.6 Å². The first-order valence-electron chi connectivity index (χ1n) is 16.2. The summed E-state index contributed by atoms with van der Waals surface area (Å²) in [5, 5.41) is 20.5. The lowest BCUT2D eigenvalue weighted by Crippen LogP contribution is -2.17. The van der Waals surface area contributed by atoms with Gasteiger partial charge in [-0.1, -0.05) is 18.2 Å². The molecule has 0 bridgehead atoms. The molecule has 15 nitrogen and oxygen atoms in total. The van der Waals surface area contributed by atoms with Gasteiger partial charge >= 0.3 is 27.1 Å². The number of rotatable bonds is 24. The van der Waals surface area contributed by atoms with Crippen LogP contribution in [-0.2, 0) is 25.5 Å². The van der Waals surface area contributed by atoms with E-state index >= 15 is 0 Å². The summed E-state index contributed by atoms with van der Waals surface area (Å²) in [6.07, 6.45) is 9.06. The van der Waals surface area contributed by atoms with Crippen LogP contribution in [0.15, 0.2) is 126 Å². The highest BCUT2D eigenvalue weighted by Crippen LogP contribution is 2.52. The second-order valence-electron chi connectivity index (χ2n) is 11.1. The summed E-state index contributed by atoms with van der Waals surface area (Å²) >= 11 is 24.2. The maximum atomic E-state index is 12.6. The van der Waals surface area contributed by atoms with Crippen molar-refractivity contribution in [1.82, 2.24) is 29.6 Å². The molecular formula is C33H42Cl3N9O6P4S. The lowest BCUT2D eigenvalue weighted by Gasteiger charge is -2.23. The molecule has 3 aromatic carbocycles. The number of nitrogens with one attached hydrogen (secondary N) is 3. The quantitative estimate of drug-likeness (QED) is 0.0338. The van der Waals surface area contributed by atoms with Crippen molar-refractivity contribution in [2.45, 2.75) is 0 Å². The van der Waals surface area contributed by atoms with Crippen molar-refractivity contribution in [2.75, 3.05) is 40.8 Å². The van der Waals surface area contributed by atoms with E-state index in [1.807, 2.05) is 0 Å². The van der Waals surface area contributed by atoms with Crippen LogP contribution in [0.5, 0.6) is 17.2 Å². The van der Waals surface area contributed by atoms with Crippen molar-refractivity contribution >= 4 is 91.3 Å². The molecule has 3 unspecified atom stereocenters. The molecule has 302 valence electrons. The lowest BCUT2D eigenvalue weighted by atomic mass is 10.2. The zero-order valence-electron chi connectivity index (χ0n) is 30.6. The van der Waals surface area contributed by atoms with E-state index in [0.717, 1.165) is 14.3 Å². The fraction of sp³-hybridized carbons (Fsp3) is 0.182. The average Bonchev–Trinajstić information content (AvgIpc) is 3.17. The Morgan fingerprint density at radius 2 is 0.786 bits per heavy atom. The topological polar surface area (TPSA) is 162 Å². The monoisotopic (exact) mass is 921 g/mol. The lowest BCUT2D eigenvalue weighted by molar-refractivity contribution is 0.384. The Balaban J connectivity index is 1.83. The zero-order valence-corrected chi connectivity index (χ0v) is 37.3. The van der Waals surface area contributed by atoms with Crippen LogP contribution in [-0.4, -0.2) is 73.8 Å². The maximum absolute atomic E-state index is 12.6. The van der Waals surface area contributed by atoms with Gasteiger partial charge in [-0.15, -0.1) is 19.7 Å². The predicted molar refractivity (Wildman–Crippen MR) is 237 cm³/mol. The molecular weight excluding hydrogens is 881 g/mol. The maximum Gasteiger partial charge on any atom is 0.490 e. The van der Waals surface area contributed by atoms with Crippen LogP contribution in [0, 0.1) is 0 Å². The molecule has 0 heterocycles. The third kappa shape index (κ3) is 15.6. The van der Waals surface area contributed by atoms with Crippen molar-refractivity contribution < 1.29 is 27.3 Å². The first-order chi connectivity index (χ1) is 26.4. The van der Waals surface area contributed by atoms with Gasteiger partial charge < -0.3 is 13.6 Å². The van der Waals surface area contributed by atoms with Gasteiger partial charge in [0.25, 0.3) is 0 Å². The van der Waals surface area contributed by atoms with Crippen LogP contribution in [0.1, 0.15) is 16.7 Å². The van der Waals surface area contributed by atoms with Crippen LogP contribution < -0.4 is 28.8 Å². The molecule has 56 heavy (non-hydrogen) atoms. The van der Waals surface area contributed by atoms with Crippen LogP contribution in [0.2, 0.25) is 0 Å². The average molecular weight is 923 g/mol. The van der Waals surface area contributed by atoms with Crippen LogP contribution >= 0.6 is 60.8 Å². The fourth-order valence-electron chi connectivity index (χ4n) is 3.78. The summed E-state index contributed by atoms with van der Waals surface area (Å²) < 4.78 is 59.8. The second kappa shape index (κ2) is 22.1. The number of hydrogen-bond acceptors (Lipinski definition) is 10. The van der Waals surface area contributed by atoms with Gasteiger partial charge in [-0.2, -0.15) is 15.3 Å². The van der Waals surface area contributed by atoms with Crippen molar-refractivity contribution in [3.8, 4) is 17.2 Å². The van der Waals surface area contributed by atoms with Crippen molar-refractivity contribution in [3.63, 3.8) is 0 Å². The molecule has 0 aliphatic carbocycles. The van der Waals surface area contributed by atoms with Crippen molar-refractivity contribution in [1.29, 1.82) is 0 Å². The summed E-state index contributed by atoms with van der Waals surface area (Å²) in [5.41, 5.74) is 1.94. The standard InChI is InChI=1S/C33H42Cl3N9O6P4S/c1-7-22-40-52(34,46)43(4)37-25-28-10-16-31(17-11-28)49-55(56,50-32-18-12-29(13-19-32)26-38-44(5)53(35,47)41-23-8-2)51-33-20-14-30(15-21-33)27-39-45(6)54(36,48)42-24-9-3/h7-21,25-27H,1-3,22-24H2,4-6H3,(H,40,46)(H,41,47)(H,42,48)/b37-25+,38-26+,39-27+. The van der Waals surface area contributed by atoms with E-state index in [0.29, 0.717) is 33.9 Å². The van der Waals surface area contributed by atoms with Gasteiger partial charge in [0.1, 0.15) is 17.2 Å².